The third-order valence-corrected chi connectivity index (χ3v) is 4.97. The Kier molecular flexibility index (Phi) is 7.00. The molecule has 2 aromatic carbocycles. The van der Waals surface area contributed by atoms with Crippen LogP contribution in [0.5, 0.6) is 11.5 Å². The lowest BCUT2D eigenvalue weighted by Crippen LogP contribution is -2.52. The molecule has 1 fully saturated rings. The van der Waals surface area contributed by atoms with Gasteiger partial charge in [0, 0.05) is 39.3 Å². The van der Waals surface area contributed by atoms with Crippen molar-refractivity contribution in [1.82, 2.24) is 10.2 Å². The third kappa shape index (κ3) is 4.88. The number of nitrogens with one attached hydrogen (secondary N) is 1. The average molecular weight is 383 g/mol. The quantitative estimate of drug-likeness (QED) is 0.594. The number of methoxy groups -OCH3 is 1. The molecule has 0 radical (unpaired) electrons. The minimum absolute atomic E-state index is 0.341. The van der Waals surface area contributed by atoms with Crippen molar-refractivity contribution in [3.8, 4) is 11.5 Å². The molecule has 6 nitrogen and oxygen atoms in total. The summed E-state index contributed by atoms with van der Waals surface area (Å²) >= 11 is 0. The standard InChI is InChI=1S/C22H30N4O2/c1-3-23-22(24-13-12-18-8-4-7-11-21(18)28-2)26-16-14-25(15-17-26)19-9-5-6-10-20(19)27/h4-11,27H,3,12-17H2,1-2H3,(H,23,24). The molecule has 150 valence electrons. The Balaban J connectivity index is 1.60. The number of guanidine groups is 1. The Hall–Kier alpha value is -2.89. The van der Waals surface area contributed by atoms with Crippen LogP contribution in [-0.2, 0) is 6.42 Å². The van der Waals surface area contributed by atoms with E-state index in [1.807, 2.05) is 36.4 Å². The number of aromatic hydroxyl groups is 1. The molecule has 1 aliphatic rings. The minimum Gasteiger partial charge on any atom is -0.506 e. The van der Waals surface area contributed by atoms with E-state index in [9.17, 15) is 5.11 Å². The van der Waals surface area contributed by atoms with Gasteiger partial charge in [0.2, 0.25) is 0 Å². The van der Waals surface area contributed by atoms with Crippen LogP contribution in [0.3, 0.4) is 0 Å². The van der Waals surface area contributed by atoms with Crippen molar-refractivity contribution in [2.45, 2.75) is 13.3 Å². The predicted molar refractivity (Wildman–Crippen MR) is 115 cm³/mol. The van der Waals surface area contributed by atoms with E-state index in [4.69, 9.17) is 9.73 Å². The molecular formula is C22H30N4O2. The molecule has 28 heavy (non-hydrogen) atoms. The number of hydrogen-bond acceptors (Lipinski definition) is 4. The van der Waals surface area contributed by atoms with Gasteiger partial charge in [-0.25, -0.2) is 0 Å². The van der Waals surface area contributed by atoms with Gasteiger partial charge in [0.15, 0.2) is 5.96 Å². The first-order chi connectivity index (χ1) is 13.7. The van der Waals surface area contributed by atoms with E-state index in [0.29, 0.717) is 12.3 Å². The largest absolute Gasteiger partial charge is 0.506 e. The van der Waals surface area contributed by atoms with Crippen LogP contribution in [0.2, 0.25) is 0 Å². The fourth-order valence-electron chi connectivity index (χ4n) is 3.51. The van der Waals surface area contributed by atoms with Gasteiger partial charge in [0.1, 0.15) is 11.5 Å². The highest BCUT2D eigenvalue weighted by molar-refractivity contribution is 5.80. The van der Waals surface area contributed by atoms with Gasteiger partial charge < -0.3 is 25.0 Å². The van der Waals surface area contributed by atoms with Crippen LogP contribution in [0.1, 0.15) is 12.5 Å². The maximum atomic E-state index is 10.1. The maximum Gasteiger partial charge on any atom is 0.194 e. The van der Waals surface area contributed by atoms with Crippen LogP contribution >= 0.6 is 0 Å². The van der Waals surface area contributed by atoms with Crippen LogP contribution in [0.25, 0.3) is 0 Å². The third-order valence-electron chi connectivity index (χ3n) is 4.97. The second kappa shape index (κ2) is 9.88. The predicted octanol–water partition coefficient (Wildman–Crippen LogP) is 2.73. The SMILES string of the molecule is CCNC(=NCCc1ccccc1OC)N1CCN(c2ccccc2O)CC1. The Bertz CT molecular complexity index is 786. The van der Waals surface area contributed by atoms with Gasteiger partial charge in [0.05, 0.1) is 12.8 Å². The van der Waals surface area contributed by atoms with E-state index in [1.54, 1.807) is 13.2 Å². The zero-order valence-corrected chi connectivity index (χ0v) is 16.8. The summed E-state index contributed by atoms with van der Waals surface area (Å²) in [5.41, 5.74) is 2.08. The fraction of sp³-hybridized carbons (Fsp3) is 0.409. The average Bonchev–Trinajstić information content (AvgIpc) is 2.74. The number of anilines is 1. The lowest BCUT2D eigenvalue weighted by Gasteiger charge is -2.37. The van der Waals surface area contributed by atoms with E-state index in [1.165, 1.54) is 5.56 Å². The number of nitrogens with zero attached hydrogens (tertiary/aromatic N) is 3. The first kappa shape index (κ1) is 19.9. The lowest BCUT2D eigenvalue weighted by atomic mass is 10.1. The van der Waals surface area contributed by atoms with Crippen LogP contribution < -0.4 is 15.0 Å². The van der Waals surface area contributed by atoms with Gasteiger partial charge in [-0.2, -0.15) is 0 Å². The van der Waals surface area contributed by atoms with Crippen molar-refractivity contribution < 1.29 is 9.84 Å². The second-order valence-corrected chi connectivity index (χ2v) is 6.76. The molecule has 0 amide bonds. The number of rotatable bonds is 6. The molecule has 3 rings (SSSR count). The zero-order valence-electron chi connectivity index (χ0n) is 16.8. The summed E-state index contributed by atoms with van der Waals surface area (Å²) in [4.78, 5) is 9.35. The summed E-state index contributed by atoms with van der Waals surface area (Å²) in [7, 11) is 1.70. The fourth-order valence-corrected chi connectivity index (χ4v) is 3.51. The molecule has 1 heterocycles. The number of ether oxygens (including phenoxy) is 1. The Labute approximate surface area is 167 Å². The van der Waals surface area contributed by atoms with E-state index >= 15 is 0 Å². The number of aliphatic imine (C=N–C) groups is 1. The summed E-state index contributed by atoms with van der Waals surface area (Å²) in [6.45, 7) is 7.09. The molecule has 6 heteroatoms. The molecule has 2 aromatic rings. The highest BCUT2D eigenvalue weighted by atomic mass is 16.5. The molecule has 0 aromatic heterocycles. The monoisotopic (exact) mass is 382 g/mol. The van der Waals surface area contributed by atoms with Crippen molar-refractivity contribution >= 4 is 11.6 Å². The summed E-state index contributed by atoms with van der Waals surface area (Å²) in [5.74, 6) is 2.21. The van der Waals surface area contributed by atoms with Gasteiger partial charge in [-0.3, -0.25) is 4.99 Å². The molecule has 0 spiro atoms. The maximum absolute atomic E-state index is 10.1. The van der Waals surface area contributed by atoms with Crippen molar-refractivity contribution in [2.75, 3.05) is 51.3 Å². The van der Waals surface area contributed by atoms with Gasteiger partial charge >= 0.3 is 0 Å². The molecule has 0 saturated carbocycles. The van der Waals surface area contributed by atoms with Crippen molar-refractivity contribution in [1.29, 1.82) is 0 Å². The number of hydrogen-bond donors (Lipinski definition) is 2. The minimum atomic E-state index is 0.341. The zero-order chi connectivity index (χ0) is 19.8. The highest BCUT2D eigenvalue weighted by Crippen LogP contribution is 2.27. The summed E-state index contributed by atoms with van der Waals surface area (Å²) in [6.07, 6.45) is 0.844. The highest BCUT2D eigenvalue weighted by Gasteiger charge is 2.21. The number of phenolic OH excluding ortho intramolecular Hbond substituents is 1. The van der Waals surface area contributed by atoms with Crippen LogP contribution in [0.4, 0.5) is 5.69 Å². The summed E-state index contributed by atoms with van der Waals surface area (Å²) in [5, 5.41) is 13.5. The molecule has 2 N–H and O–H groups in total. The van der Waals surface area contributed by atoms with Gasteiger partial charge in [0.25, 0.3) is 0 Å². The van der Waals surface area contributed by atoms with Crippen molar-refractivity contribution in [3.63, 3.8) is 0 Å². The van der Waals surface area contributed by atoms with Crippen molar-refractivity contribution in [2.24, 2.45) is 4.99 Å². The molecular weight excluding hydrogens is 352 g/mol. The molecule has 0 aliphatic carbocycles. The van der Waals surface area contributed by atoms with Crippen LogP contribution in [0.15, 0.2) is 53.5 Å². The number of benzene rings is 2. The Morgan fingerprint density at radius 1 is 1.07 bits per heavy atom. The molecule has 0 unspecified atom stereocenters. The van der Waals surface area contributed by atoms with E-state index in [-0.39, 0.29) is 0 Å². The topological polar surface area (TPSA) is 60.3 Å². The van der Waals surface area contributed by atoms with Gasteiger partial charge in [-0.05, 0) is 37.1 Å². The molecule has 1 aliphatic heterocycles. The number of phenols is 1. The number of piperazine rings is 1. The van der Waals surface area contributed by atoms with Gasteiger partial charge in [-0.15, -0.1) is 0 Å². The summed E-state index contributed by atoms with van der Waals surface area (Å²) in [6, 6.07) is 15.6. The van der Waals surface area contributed by atoms with E-state index in [0.717, 1.165) is 56.5 Å². The first-order valence-corrected chi connectivity index (χ1v) is 9.91. The van der Waals surface area contributed by atoms with Crippen LogP contribution in [0, 0.1) is 0 Å². The normalized spacial score (nSPS) is 14.9. The first-order valence-electron chi connectivity index (χ1n) is 9.91. The van der Waals surface area contributed by atoms with Crippen molar-refractivity contribution in [3.05, 3.63) is 54.1 Å². The van der Waals surface area contributed by atoms with Crippen LogP contribution in [-0.4, -0.2) is 62.3 Å². The lowest BCUT2D eigenvalue weighted by molar-refractivity contribution is 0.370. The smallest absolute Gasteiger partial charge is 0.194 e. The van der Waals surface area contributed by atoms with E-state index < -0.39 is 0 Å². The molecule has 1 saturated heterocycles. The Morgan fingerprint density at radius 2 is 1.79 bits per heavy atom. The van der Waals surface area contributed by atoms with Gasteiger partial charge in [-0.1, -0.05) is 30.3 Å². The second-order valence-electron chi connectivity index (χ2n) is 6.76. The molecule has 0 bridgehead atoms. The number of para-hydroxylation sites is 3. The molecule has 0 atom stereocenters. The Morgan fingerprint density at radius 3 is 2.50 bits per heavy atom. The van der Waals surface area contributed by atoms with E-state index in [2.05, 4.69) is 28.1 Å². The summed E-state index contributed by atoms with van der Waals surface area (Å²) < 4.78 is 5.43.